The Kier molecular flexibility index (Phi) is 1.83. The van der Waals surface area contributed by atoms with Crippen LogP contribution in [0, 0.1) is 11.8 Å². The van der Waals surface area contributed by atoms with Crippen LogP contribution < -0.4 is 0 Å². The van der Waals surface area contributed by atoms with Crippen molar-refractivity contribution in [2.75, 3.05) is 0 Å². The second-order valence-corrected chi connectivity index (χ2v) is 3.70. The van der Waals surface area contributed by atoms with Crippen LogP contribution in [0.5, 0.6) is 0 Å². The van der Waals surface area contributed by atoms with Gasteiger partial charge in [0.05, 0.1) is 0 Å². The van der Waals surface area contributed by atoms with Crippen LogP contribution in [0.15, 0.2) is 12.2 Å². The van der Waals surface area contributed by atoms with Crippen molar-refractivity contribution in [3.05, 3.63) is 12.2 Å². The van der Waals surface area contributed by atoms with Crippen LogP contribution in [0.3, 0.4) is 0 Å². The highest BCUT2D eigenvalue weighted by Crippen LogP contribution is 2.36. The minimum Gasteiger partial charge on any atom is -0.295 e. The lowest BCUT2D eigenvalue weighted by Gasteiger charge is -2.12. The molecule has 0 aromatic rings. The quantitative estimate of drug-likeness (QED) is 0.543. The van der Waals surface area contributed by atoms with Crippen LogP contribution in [0.25, 0.3) is 0 Å². The van der Waals surface area contributed by atoms with E-state index in [0.29, 0.717) is 12.3 Å². The van der Waals surface area contributed by atoms with Gasteiger partial charge in [-0.1, -0.05) is 6.42 Å². The number of carbonyl (C=O) groups is 2. The van der Waals surface area contributed by atoms with Gasteiger partial charge in [0.25, 0.3) is 0 Å². The minimum absolute atomic E-state index is 0.123. The molecule has 2 heteroatoms. The number of carbonyl (C=O) groups excluding carboxylic acids is 2. The van der Waals surface area contributed by atoms with Gasteiger partial charge in [0.15, 0.2) is 11.6 Å². The second kappa shape index (κ2) is 2.85. The van der Waals surface area contributed by atoms with E-state index in [9.17, 15) is 9.59 Å². The van der Waals surface area contributed by atoms with Crippen molar-refractivity contribution in [1.29, 1.82) is 0 Å². The molecule has 2 atom stereocenters. The van der Waals surface area contributed by atoms with Crippen molar-refractivity contribution >= 4 is 11.6 Å². The Morgan fingerprint density at radius 2 is 2.00 bits per heavy atom. The summed E-state index contributed by atoms with van der Waals surface area (Å²) < 4.78 is 0. The third-order valence-corrected chi connectivity index (χ3v) is 2.92. The monoisotopic (exact) mass is 164 g/mol. The molecule has 1 fully saturated rings. The molecule has 0 aromatic carbocycles. The molecule has 0 unspecified atom stereocenters. The molecule has 1 saturated carbocycles. The molecule has 2 aliphatic rings. The third kappa shape index (κ3) is 1.22. The predicted octanol–water partition coefficient (Wildman–Crippen LogP) is 1.50. The van der Waals surface area contributed by atoms with Gasteiger partial charge in [-0.15, -0.1) is 0 Å². The molecular formula is C10H12O2. The molecular weight excluding hydrogens is 152 g/mol. The molecule has 0 bridgehead atoms. The summed E-state index contributed by atoms with van der Waals surface area (Å²) in [5.74, 6) is 0.800. The van der Waals surface area contributed by atoms with Crippen molar-refractivity contribution in [1.82, 2.24) is 0 Å². The summed E-state index contributed by atoms with van der Waals surface area (Å²) in [5.41, 5.74) is 0. The van der Waals surface area contributed by atoms with E-state index in [1.54, 1.807) is 0 Å². The molecule has 0 amide bonds. The highest BCUT2D eigenvalue weighted by Gasteiger charge is 2.34. The van der Waals surface area contributed by atoms with Crippen molar-refractivity contribution in [2.45, 2.75) is 25.7 Å². The Morgan fingerprint density at radius 3 is 2.83 bits per heavy atom. The van der Waals surface area contributed by atoms with Crippen LogP contribution in [0.1, 0.15) is 25.7 Å². The molecule has 2 rings (SSSR count). The van der Waals surface area contributed by atoms with Crippen molar-refractivity contribution in [3.63, 3.8) is 0 Å². The summed E-state index contributed by atoms with van der Waals surface area (Å²) in [6.45, 7) is 0. The van der Waals surface area contributed by atoms with Gasteiger partial charge in [0.2, 0.25) is 0 Å². The summed E-state index contributed by atoms with van der Waals surface area (Å²) in [4.78, 5) is 22.5. The van der Waals surface area contributed by atoms with Crippen LogP contribution >= 0.6 is 0 Å². The van der Waals surface area contributed by atoms with E-state index in [-0.39, 0.29) is 17.5 Å². The number of fused-ring (bicyclic) bond motifs is 1. The smallest absolute Gasteiger partial charge is 0.159 e. The Hall–Kier alpha value is -0.920. The molecule has 64 valence electrons. The minimum atomic E-state index is 0.123. The normalized spacial score (nSPS) is 35.0. The fourth-order valence-corrected chi connectivity index (χ4v) is 2.28. The molecule has 0 heterocycles. The van der Waals surface area contributed by atoms with E-state index >= 15 is 0 Å². The van der Waals surface area contributed by atoms with Gasteiger partial charge in [-0.2, -0.15) is 0 Å². The van der Waals surface area contributed by atoms with Crippen molar-refractivity contribution in [2.24, 2.45) is 11.8 Å². The molecule has 0 spiro atoms. The highest BCUT2D eigenvalue weighted by atomic mass is 16.1. The van der Waals surface area contributed by atoms with E-state index in [1.165, 1.54) is 12.2 Å². The first kappa shape index (κ1) is 7.71. The molecule has 0 aromatic heterocycles. The molecule has 2 aliphatic carbocycles. The van der Waals surface area contributed by atoms with E-state index < -0.39 is 0 Å². The van der Waals surface area contributed by atoms with Crippen LogP contribution in [-0.2, 0) is 9.59 Å². The first-order valence-corrected chi connectivity index (χ1v) is 4.52. The average Bonchev–Trinajstić information content (AvgIpc) is 2.44. The third-order valence-electron chi connectivity index (χ3n) is 2.92. The summed E-state index contributed by atoms with van der Waals surface area (Å²) in [6.07, 6.45) is 6.67. The maximum absolute atomic E-state index is 11.4. The van der Waals surface area contributed by atoms with Crippen LogP contribution in [-0.4, -0.2) is 11.6 Å². The summed E-state index contributed by atoms with van der Waals surface area (Å²) in [6, 6.07) is 0. The molecule has 0 saturated heterocycles. The number of allylic oxidation sites excluding steroid dienone is 2. The van der Waals surface area contributed by atoms with E-state index in [4.69, 9.17) is 0 Å². The Labute approximate surface area is 71.6 Å². The first-order chi connectivity index (χ1) is 5.77. The fourth-order valence-electron chi connectivity index (χ4n) is 2.28. The first-order valence-electron chi connectivity index (χ1n) is 4.52. The summed E-state index contributed by atoms with van der Waals surface area (Å²) in [7, 11) is 0. The molecule has 0 radical (unpaired) electrons. The number of ketones is 2. The number of hydrogen-bond acceptors (Lipinski definition) is 2. The maximum Gasteiger partial charge on any atom is 0.159 e. The highest BCUT2D eigenvalue weighted by molar-refractivity contribution is 6.02. The largest absolute Gasteiger partial charge is 0.295 e. The molecule has 12 heavy (non-hydrogen) atoms. The topological polar surface area (TPSA) is 34.1 Å². The van der Waals surface area contributed by atoms with Gasteiger partial charge in [0.1, 0.15) is 0 Å². The zero-order valence-corrected chi connectivity index (χ0v) is 6.95. The number of hydrogen-bond donors (Lipinski definition) is 0. The zero-order valence-electron chi connectivity index (χ0n) is 6.95. The van der Waals surface area contributed by atoms with Crippen molar-refractivity contribution < 1.29 is 9.59 Å². The van der Waals surface area contributed by atoms with E-state index in [1.807, 2.05) is 0 Å². The van der Waals surface area contributed by atoms with Crippen LogP contribution in [0.4, 0.5) is 0 Å². The van der Waals surface area contributed by atoms with E-state index in [0.717, 1.165) is 19.3 Å². The maximum atomic E-state index is 11.4. The van der Waals surface area contributed by atoms with Crippen LogP contribution in [0.2, 0.25) is 0 Å². The van der Waals surface area contributed by atoms with E-state index in [2.05, 4.69) is 0 Å². The van der Waals surface area contributed by atoms with Gasteiger partial charge in [-0.25, -0.2) is 0 Å². The van der Waals surface area contributed by atoms with Gasteiger partial charge in [-0.05, 0) is 30.9 Å². The fraction of sp³-hybridized carbons (Fsp3) is 0.600. The SMILES string of the molecule is O=C1C=CC(=O)[C@H]2CCC[C@H]2C1. The predicted molar refractivity (Wildman–Crippen MR) is 44.6 cm³/mol. The summed E-state index contributed by atoms with van der Waals surface area (Å²) in [5, 5.41) is 0. The standard InChI is InChI=1S/C10H12O2/c11-8-4-5-10(12)9-3-1-2-7(9)6-8/h4-5,7,9H,1-3,6H2/t7-,9-/m0/s1. The van der Waals surface area contributed by atoms with Gasteiger partial charge in [0, 0.05) is 12.3 Å². The zero-order chi connectivity index (χ0) is 8.55. The van der Waals surface area contributed by atoms with Gasteiger partial charge < -0.3 is 0 Å². The Morgan fingerprint density at radius 1 is 1.17 bits per heavy atom. The lowest BCUT2D eigenvalue weighted by molar-refractivity contribution is -0.119. The molecule has 0 N–H and O–H groups in total. The van der Waals surface area contributed by atoms with Crippen molar-refractivity contribution in [3.8, 4) is 0 Å². The lowest BCUT2D eigenvalue weighted by atomic mass is 9.90. The average molecular weight is 164 g/mol. The lowest BCUT2D eigenvalue weighted by Crippen LogP contribution is -2.16. The second-order valence-electron chi connectivity index (χ2n) is 3.70. The van der Waals surface area contributed by atoms with Gasteiger partial charge >= 0.3 is 0 Å². The number of rotatable bonds is 0. The molecule has 2 nitrogen and oxygen atoms in total. The van der Waals surface area contributed by atoms with Gasteiger partial charge in [-0.3, -0.25) is 9.59 Å². The Balaban J connectivity index is 2.24. The molecule has 0 aliphatic heterocycles. The summed E-state index contributed by atoms with van der Waals surface area (Å²) >= 11 is 0. The Bertz CT molecular complexity index is 253.